The van der Waals surface area contributed by atoms with Crippen LogP contribution in [0.4, 0.5) is 5.69 Å². The fraction of sp³-hybridized carbons (Fsp3) is 0.571. The Bertz CT molecular complexity index is 401. The quantitative estimate of drug-likeness (QED) is 0.642. The van der Waals surface area contributed by atoms with Crippen molar-refractivity contribution in [2.24, 2.45) is 5.92 Å². The summed E-state index contributed by atoms with van der Waals surface area (Å²) < 4.78 is 0. The number of nitro groups is 1. The van der Waals surface area contributed by atoms with E-state index in [1.165, 1.54) is 32.1 Å². The van der Waals surface area contributed by atoms with E-state index in [0.717, 1.165) is 18.0 Å². The van der Waals surface area contributed by atoms with E-state index >= 15 is 0 Å². The van der Waals surface area contributed by atoms with E-state index in [-0.39, 0.29) is 10.6 Å². The number of nitrogens with zero attached hydrogens (tertiary/aromatic N) is 1. The van der Waals surface area contributed by atoms with Gasteiger partial charge in [0.15, 0.2) is 0 Å². The lowest BCUT2D eigenvalue weighted by Gasteiger charge is -2.21. The minimum atomic E-state index is -0.308. The van der Waals surface area contributed by atoms with Crippen LogP contribution in [0.2, 0.25) is 0 Å². The molecule has 0 amide bonds. The summed E-state index contributed by atoms with van der Waals surface area (Å²) in [6.07, 6.45) is 6.62. The fourth-order valence-corrected chi connectivity index (χ4v) is 2.64. The molecule has 0 spiro atoms. The first-order valence-electron chi connectivity index (χ1n) is 6.70. The van der Waals surface area contributed by atoms with Gasteiger partial charge < -0.3 is 5.32 Å². The number of rotatable bonds is 5. The Morgan fingerprint density at radius 3 is 2.67 bits per heavy atom. The monoisotopic (exact) mass is 248 g/mol. The van der Waals surface area contributed by atoms with Crippen molar-refractivity contribution >= 4 is 5.69 Å². The van der Waals surface area contributed by atoms with Crippen molar-refractivity contribution < 1.29 is 4.92 Å². The molecule has 1 aliphatic rings. The van der Waals surface area contributed by atoms with Gasteiger partial charge in [0.1, 0.15) is 0 Å². The molecule has 18 heavy (non-hydrogen) atoms. The zero-order valence-corrected chi connectivity index (χ0v) is 10.6. The number of nitrogens with one attached hydrogen (secondary N) is 1. The van der Waals surface area contributed by atoms with Gasteiger partial charge in [-0.05, 0) is 25.3 Å². The van der Waals surface area contributed by atoms with Crippen LogP contribution in [-0.4, -0.2) is 11.5 Å². The molecule has 0 bridgehead atoms. The summed E-state index contributed by atoms with van der Waals surface area (Å²) in [6, 6.07) is 6.96. The lowest BCUT2D eigenvalue weighted by atomic mass is 9.89. The Kier molecular flexibility index (Phi) is 4.70. The fourth-order valence-electron chi connectivity index (χ4n) is 2.64. The van der Waals surface area contributed by atoms with Crippen LogP contribution in [0.15, 0.2) is 24.3 Å². The van der Waals surface area contributed by atoms with Crippen molar-refractivity contribution in [1.82, 2.24) is 5.32 Å². The maximum atomic E-state index is 10.9. The van der Waals surface area contributed by atoms with Gasteiger partial charge in [-0.3, -0.25) is 10.1 Å². The third-order valence-corrected chi connectivity index (χ3v) is 3.66. The third-order valence-electron chi connectivity index (χ3n) is 3.66. The lowest BCUT2D eigenvalue weighted by Crippen LogP contribution is -2.24. The first-order valence-corrected chi connectivity index (χ1v) is 6.70. The summed E-state index contributed by atoms with van der Waals surface area (Å²) in [5.41, 5.74) is 0.993. The van der Waals surface area contributed by atoms with E-state index in [1.807, 2.05) is 12.1 Å². The normalized spacial score (nSPS) is 16.7. The van der Waals surface area contributed by atoms with Gasteiger partial charge in [-0.15, -0.1) is 0 Å². The predicted octanol–water partition coefficient (Wildman–Crippen LogP) is 3.26. The van der Waals surface area contributed by atoms with Crippen LogP contribution in [0.1, 0.15) is 37.7 Å². The van der Waals surface area contributed by atoms with Crippen molar-refractivity contribution in [2.45, 2.75) is 38.6 Å². The second kappa shape index (κ2) is 6.50. The first kappa shape index (κ1) is 13.0. The second-order valence-corrected chi connectivity index (χ2v) is 5.02. The molecule has 0 heterocycles. The minimum absolute atomic E-state index is 0.216. The van der Waals surface area contributed by atoms with E-state index in [4.69, 9.17) is 0 Å². The second-order valence-electron chi connectivity index (χ2n) is 5.02. The van der Waals surface area contributed by atoms with Crippen LogP contribution >= 0.6 is 0 Å². The lowest BCUT2D eigenvalue weighted by molar-refractivity contribution is -0.385. The maximum Gasteiger partial charge on any atom is 0.273 e. The van der Waals surface area contributed by atoms with Gasteiger partial charge in [0.2, 0.25) is 0 Å². The molecule has 0 saturated heterocycles. The van der Waals surface area contributed by atoms with Gasteiger partial charge in [0.25, 0.3) is 5.69 Å². The molecule has 0 aliphatic heterocycles. The topological polar surface area (TPSA) is 55.2 Å². The van der Waals surface area contributed by atoms with Crippen LogP contribution in [0, 0.1) is 16.0 Å². The van der Waals surface area contributed by atoms with Gasteiger partial charge in [0.05, 0.1) is 4.92 Å². The van der Waals surface area contributed by atoms with Gasteiger partial charge >= 0.3 is 0 Å². The van der Waals surface area contributed by atoms with Crippen LogP contribution in [0.3, 0.4) is 0 Å². The molecule has 1 aliphatic carbocycles. The summed E-state index contributed by atoms with van der Waals surface area (Å²) >= 11 is 0. The largest absolute Gasteiger partial charge is 0.312 e. The van der Waals surface area contributed by atoms with Crippen LogP contribution in [0.25, 0.3) is 0 Å². The van der Waals surface area contributed by atoms with Crippen molar-refractivity contribution in [3.63, 3.8) is 0 Å². The first-order chi connectivity index (χ1) is 8.77. The zero-order valence-electron chi connectivity index (χ0n) is 10.6. The van der Waals surface area contributed by atoms with Gasteiger partial charge in [0, 0.05) is 18.2 Å². The molecule has 2 rings (SSSR count). The molecule has 4 nitrogen and oxygen atoms in total. The van der Waals surface area contributed by atoms with E-state index < -0.39 is 0 Å². The highest BCUT2D eigenvalue weighted by Gasteiger charge is 2.15. The molecule has 0 radical (unpaired) electrons. The van der Waals surface area contributed by atoms with Gasteiger partial charge in [-0.1, -0.05) is 37.5 Å². The smallest absolute Gasteiger partial charge is 0.273 e. The van der Waals surface area contributed by atoms with E-state index in [1.54, 1.807) is 12.1 Å². The highest BCUT2D eigenvalue weighted by molar-refractivity contribution is 5.39. The van der Waals surface area contributed by atoms with Gasteiger partial charge in [-0.25, -0.2) is 0 Å². The highest BCUT2D eigenvalue weighted by Crippen LogP contribution is 2.23. The average Bonchev–Trinajstić information content (AvgIpc) is 2.40. The zero-order chi connectivity index (χ0) is 12.8. The number of benzene rings is 1. The molecule has 1 aromatic carbocycles. The molecule has 1 saturated carbocycles. The standard InChI is InChI=1S/C14H20N2O2/c17-16(18)14-9-5-4-8-13(14)11-15-10-12-6-2-1-3-7-12/h4-5,8-9,12,15H,1-3,6-7,10-11H2. The predicted molar refractivity (Wildman–Crippen MR) is 71.4 cm³/mol. The molecule has 4 heteroatoms. The molecule has 98 valence electrons. The summed E-state index contributed by atoms with van der Waals surface area (Å²) in [5, 5.41) is 14.2. The summed E-state index contributed by atoms with van der Waals surface area (Å²) in [5.74, 6) is 0.751. The SMILES string of the molecule is O=[N+]([O-])c1ccccc1CNCC1CCCCC1. The van der Waals surface area contributed by atoms with E-state index in [9.17, 15) is 10.1 Å². The van der Waals surface area contributed by atoms with Crippen molar-refractivity contribution in [3.05, 3.63) is 39.9 Å². The van der Waals surface area contributed by atoms with E-state index in [2.05, 4.69) is 5.32 Å². The number of hydrogen-bond donors (Lipinski definition) is 1. The Hall–Kier alpha value is -1.42. The minimum Gasteiger partial charge on any atom is -0.312 e. The summed E-state index contributed by atoms with van der Waals surface area (Å²) in [4.78, 5) is 10.6. The Morgan fingerprint density at radius 1 is 1.22 bits per heavy atom. The highest BCUT2D eigenvalue weighted by atomic mass is 16.6. The number of para-hydroxylation sites is 1. The summed E-state index contributed by atoms with van der Waals surface area (Å²) in [7, 11) is 0. The van der Waals surface area contributed by atoms with Gasteiger partial charge in [-0.2, -0.15) is 0 Å². The summed E-state index contributed by atoms with van der Waals surface area (Å²) in [6.45, 7) is 1.57. The molecular formula is C14H20N2O2. The molecule has 1 N–H and O–H groups in total. The van der Waals surface area contributed by atoms with Crippen molar-refractivity contribution in [1.29, 1.82) is 0 Å². The molecular weight excluding hydrogens is 228 g/mol. The number of nitro benzene ring substituents is 1. The molecule has 1 aromatic rings. The Balaban J connectivity index is 1.84. The average molecular weight is 248 g/mol. The molecule has 0 atom stereocenters. The molecule has 1 fully saturated rings. The third kappa shape index (κ3) is 3.53. The molecule has 0 unspecified atom stereocenters. The van der Waals surface area contributed by atoms with Crippen LogP contribution in [-0.2, 0) is 6.54 Å². The van der Waals surface area contributed by atoms with E-state index in [0.29, 0.717) is 6.54 Å². The Morgan fingerprint density at radius 2 is 1.94 bits per heavy atom. The Labute approximate surface area is 108 Å². The van der Waals surface area contributed by atoms with Crippen molar-refractivity contribution in [3.8, 4) is 0 Å². The van der Waals surface area contributed by atoms with Crippen LogP contribution in [0.5, 0.6) is 0 Å². The van der Waals surface area contributed by atoms with Crippen molar-refractivity contribution in [2.75, 3.05) is 6.54 Å². The number of hydrogen-bond acceptors (Lipinski definition) is 3. The maximum absolute atomic E-state index is 10.9. The molecule has 0 aromatic heterocycles. The van der Waals surface area contributed by atoms with Crippen LogP contribution < -0.4 is 5.32 Å².